The van der Waals surface area contributed by atoms with Crippen LogP contribution in [0.1, 0.15) is 31.4 Å². The van der Waals surface area contributed by atoms with Crippen molar-refractivity contribution in [1.82, 2.24) is 10.2 Å². The lowest BCUT2D eigenvalue weighted by molar-refractivity contribution is -0.133. The molecule has 0 aromatic heterocycles. The molecule has 0 bridgehead atoms. The van der Waals surface area contributed by atoms with Gasteiger partial charge in [-0.3, -0.25) is 14.5 Å². The molecule has 1 atom stereocenters. The normalized spacial score (nSPS) is 18.0. The van der Waals surface area contributed by atoms with Crippen LogP contribution < -0.4 is 20.1 Å². The zero-order valence-electron chi connectivity index (χ0n) is 18.2. The van der Waals surface area contributed by atoms with Gasteiger partial charge in [-0.25, -0.2) is 4.79 Å². The second-order valence-corrected chi connectivity index (χ2v) is 7.51. The quantitative estimate of drug-likeness (QED) is 0.634. The smallest absolute Gasteiger partial charge is 0.325 e. The van der Waals surface area contributed by atoms with E-state index in [4.69, 9.17) is 9.47 Å². The molecule has 8 nitrogen and oxygen atoms in total. The van der Waals surface area contributed by atoms with Crippen LogP contribution in [0.2, 0.25) is 0 Å². The first-order valence-electron chi connectivity index (χ1n) is 10.1. The summed E-state index contributed by atoms with van der Waals surface area (Å²) in [6.07, 6.45) is 1.96. The first kappa shape index (κ1) is 22.1. The second-order valence-electron chi connectivity index (χ2n) is 7.51. The Kier molecular flexibility index (Phi) is 6.48. The van der Waals surface area contributed by atoms with E-state index in [1.165, 1.54) is 14.2 Å². The van der Waals surface area contributed by atoms with Gasteiger partial charge in [0.25, 0.3) is 5.91 Å². The predicted octanol–water partition coefficient (Wildman–Crippen LogP) is 3.06. The van der Waals surface area contributed by atoms with Crippen molar-refractivity contribution in [3.63, 3.8) is 0 Å². The third kappa shape index (κ3) is 4.47. The van der Waals surface area contributed by atoms with Crippen molar-refractivity contribution in [3.8, 4) is 11.5 Å². The number of methoxy groups -OCH3 is 2. The standard InChI is InChI=1S/C23H27N3O5/c1-5-6-15-7-9-16(10-8-15)23(2)21(28)26(22(29)25-23)14-20(27)24-18-13-17(30-3)11-12-19(18)31-4/h7-13H,5-6,14H2,1-4H3,(H,24,27)(H,25,29)/t23-/m0/s1. The maximum absolute atomic E-state index is 13.1. The van der Waals surface area contributed by atoms with Gasteiger partial charge in [-0.1, -0.05) is 37.6 Å². The number of carbonyl (C=O) groups excluding carboxylic acids is 3. The van der Waals surface area contributed by atoms with Crippen LogP contribution in [-0.2, 0) is 21.5 Å². The Morgan fingerprint density at radius 2 is 1.81 bits per heavy atom. The van der Waals surface area contributed by atoms with Gasteiger partial charge in [-0.2, -0.15) is 0 Å². The Labute approximate surface area is 181 Å². The Morgan fingerprint density at radius 3 is 2.42 bits per heavy atom. The topological polar surface area (TPSA) is 97.0 Å². The van der Waals surface area contributed by atoms with E-state index in [1.54, 1.807) is 25.1 Å². The zero-order valence-corrected chi connectivity index (χ0v) is 18.2. The zero-order chi connectivity index (χ0) is 22.6. The number of nitrogens with zero attached hydrogens (tertiary/aromatic N) is 1. The summed E-state index contributed by atoms with van der Waals surface area (Å²) in [5.41, 5.74) is 0.988. The summed E-state index contributed by atoms with van der Waals surface area (Å²) in [6.45, 7) is 3.32. The molecule has 2 aromatic carbocycles. The fraction of sp³-hybridized carbons (Fsp3) is 0.348. The van der Waals surface area contributed by atoms with Gasteiger partial charge in [0.1, 0.15) is 23.6 Å². The highest BCUT2D eigenvalue weighted by Crippen LogP contribution is 2.31. The molecule has 1 aliphatic rings. The minimum Gasteiger partial charge on any atom is -0.497 e. The molecular weight excluding hydrogens is 398 g/mol. The average Bonchev–Trinajstić information content (AvgIpc) is 2.98. The van der Waals surface area contributed by atoms with Crippen LogP contribution in [-0.4, -0.2) is 43.5 Å². The molecule has 3 rings (SSSR count). The number of hydrogen-bond acceptors (Lipinski definition) is 5. The number of benzene rings is 2. The Balaban J connectivity index is 1.74. The lowest BCUT2D eigenvalue weighted by Gasteiger charge is -2.22. The number of rotatable bonds is 8. The SMILES string of the molecule is CCCc1ccc([C@]2(C)NC(=O)N(CC(=O)Nc3cc(OC)ccc3OC)C2=O)cc1. The number of carbonyl (C=O) groups is 3. The van der Waals surface area contributed by atoms with Crippen molar-refractivity contribution < 1.29 is 23.9 Å². The molecule has 0 saturated carbocycles. The summed E-state index contributed by atoms with van der Waals surface area (Å²) in [6, 6.07) is 11.9. The van der Waals surface area contributed by atoms with Crippen LogP contribution in [0.3, 0.4) is 0 Å². The molecule has 164 valence electrons. The maximum atomic E-state index is 13.1. The predicted molar refractivity (Wildman–Crippen MR) is 116 cm³/mol. The number of nitrogens with one attached hydrogen (secondary N) is 2. The molecule has 2 aromatic rings. The fourth-order valence-electron chi connectivity index (χ4n) is 3.57. The second kappa shape index (κ2) is 9.07. The first-order chi connectivity index (χ1) is 14.8. The summed E-state index contributed by atoms with van der Waals surface area (Å²) >= 11 is 0. The first-order valence-corrected chi connectivity index (χ1v) is 10.1. The number of hydrogen-bond donors (Lipinski definition) is 2. The summed E-state index contributed by atoms with van der Waals surface area (Å²) in [4.78, 5) is 39.1. The molecular formula is C23H27N3O5. The minimum absolute atomic E-state index is 0.383. The molecule has 4 amide bonds. The Bertz CT molecular complexity index is 989. The third-order valence-corrected chi connectivity index (χ3v) is 5.33. The van der Waals surface area contributed by atoms with Crippen molar-refractivity contribution in [2.75, 3.05) is 26.1 Å². The lowest BCUT2D eigenvalue weighted by Crippen LogP contribution is -2.42. The Morgan fingerprint density at radius 1 is 1.10 bits per heavy atom. The molecule has 1 aliphatic heterocycles. The third-order valence-electron chi connectivity index (χ3n) is 5.33. The van der Waals surface area contributed by atoms with Crippen LogP contribution in [0.25, 0.3) is 0 Å². The van der Waals surface area contributed by atoms with Crippen molar-refractivity contribution in [2.24, 2.45) is 0 Å². The van der Waals surface area contributed by atoms with Gasteiger partial charge in [-0.15, -0.1) is 0 Å². The molecule has 1 heterocycles. The highest BCUT2D eigenvalue weighted by Gasteiger charge is 2.49. The van der Waals surface area contributed by atoms with E-state index >= 15 is 0 Å². The summed E-state index contributed by atoms with van der Waals surface area (Å²) in [7, 11) is 2.99. The van der Waals surface area contributed by atoms with E-state index in [-0.39, 0.29) is 0 Å². The number of anilines is 1. The monoisotopic (exact) mass is 425 g/mol. The number of imide groups is 1. The summed E-state index contributed by atoms with van der Waals surface area (Å²) < 4.78 is 10.4. The number of aryl methyl sites for hydroxylation is 1. The number of urea groups is 1. The van der Waals surface area contributed by atoms with E-state index < -0.39 is 29.9 Å². The molecule has 1 fully saturated rings. The maximum Gasteiger partial charge on any atom is 0.325 e. The molecule has 0 spiro atoms. The molecule has 2 N–H and O–H groups in total. The minimum atomic E-state index is -1.23. The van der Waals surface area contributed by atoms with Crippen LogP contribution in [0.4, 0.5) is 10.5 Å². The van der Waals surface area contributed by atoms with Crippen molar-refractivity contribution >= 4 is 23.5 Å². The van der Waals surface area contributed by atoms with E-state index in [2.05, 4.69) is 17.6 Å². The van der Waals surface area contributed by atoms with Crippen molar-refractivity contribution in [1.29, 1.82) is 0 Å². The lowest BCUT2D eigenvalue weighted by atomic mass is 9.91. The van der Waals surface area contributed by atoms with Crippen molar-refractivity contribution in [2.45, 2.75) is 32.2 Å². The fourth-order valence-corrected chi connectivity index (χ4v) is 3.57. The van der Waals surface area contributed by atoms with E-state index in [0.717, 1.165) is 23.3 Å². The molecule has 1 saturated heterocycles. The van der Waals surface area contributed by atoms with Gasteiger partial charge in [0, 0.05) is 6.07 Å². The number of ether oxygens (including phenoxy) is 2. The highest BCUT2D eigenvalue weighted by molar-refractivity contribution is 6.10. The van der Waals surface area contributed by atoms with Gasteiger partial charge in [0.2, 0.25) is 5.91 Å². The van der Waals surface area contributed by atoms with Crippen LogP contribution in [0.5, 0.6) is 11.5 Å². The van der Waals surface area contributed by atoms with Crippen LogP contribution in [0, 0.1) is 0 Å². The summed E-state index contributed by atoms with van der Waals surface area (Å²) in [5.74, 6) is -0.0420. The van der Waals surface area contributed by atoms with Gasteiger partial charge in [0.15, 0.2) is 0 Å². The van der Waals surface area contributed by atoms with Crippen LogP contribution >= 0.6 is 0 Å². The molecule has 0 unspecified atom stereocenters. The van der Waals surface area contributed by atoms with Gasteiger partial charge >= 0.3 is 6.03 Å². The Hall–Kier alpha value is -3.55. The highest BCUT2D eigenvalue weighted by atomic mass is 16.5. The molecule has 0 aliphatic carbocycles. The van der Waals surface area contributed by atoms with E-state index in [1.807, 2.05) is 24.3 Å². The van der Waals surface area contributed by atoms with Crippen LogP contribution in [0.15, 0.2) is 42.5 Å². The molecule has 8 heteroatoms. The summed E-state index contributed by atoms with van der Waals surface area (Å²) in [5, 5.41) is 5.40. The molecule has 31 heavy (non-hydrogen) atoms. The van der Waals surface area contributed by atoms with Gasteiger partial charge in [-0.05, 0) is 36.6 Å². The van der Waals surface area contributed by atoms with E-state index in [9.17, 15) is 14.4 Å². The van der Waals surface area contributed by atoms with E-state index in [0.29, 0.717) is 22.7 Å². The molecule has 0 radical (unpaired) electrons. The van der Waals surface area contributed by atoms with Gasteiger partial charge in [0.05, 0.1) is 19.9 Å². The largest absolute Gasteiger partial charge is 0.497 e. The van der Waals surface area contributed by atoms with Gasteiger partial charge < -0.3 is 20.1 Å². The average molecular weight is 425 g/mol. The number of amides is 4. The van der Waals surface area contributed by atoms with Crippen molar-refractivity contribution in [3.05, 3.63) is 53.6 Å².